The van der Waals surface area contributed by atoms with Crippen LogP contribution in [-0.4, -0.2) is 29.3 Å². The standard InChI is InChI=1S/C26H24N4O2/c27-16-19-8-1-2-10-21(19)22-11-3-4-12-23(22)26(32)29-20-9-5-7-18(15-20)17-30-14-6-13-24(30)25(28)31/h1-5,7-12,15,24H,6,13-14,17H2,(H2,28,31)(H,29,32). The summed E-state index contributed by atoms with van der Waals surface area (Å²) in [6.45, 7) is 1.43. The molecule has 1 heterocycles. The highest BCUT2D eigenvalue weighted by Gasteiger charge is 2.28. The van der Waals surface area contributed by atoms with E-state index in [1.807, 2.05) is 48.5 Å². The lowest BCUT2D eigenvalue weighted by atomic mass is 9.95. The first kappa shape index (κ1) is 21.3. The number of likely N-dealkylation sites (tertiary alicyclic amines) is 1. The fourth-order valence-electron chi connectivity index (χ4n) is 4.25. The molecule has 0 aliphatic carbocycles. The number of carbonyl (C=O) groups excluding carboxylic acids is 2. The molecule has 3 N–H and O–H groups in total. The predicted molar refractivity (Wildman–Crippen MR) is 124 cm³/mol. The summed E-state index contributed by atoms with van der Waals surface area (Å²) < 4.78 is 0. The molecule has 1 unspecified atom stereocenters. The van der Waals surface area contributed by atoms with Crippen LogP contribution in [0, 0.1) is 11.3 Å². The largest absolute Gasteiger partial charge is 0.368 e. The number of anilines is 1. The number of nitrogens with one attached hydrogen (secondary N) is 1. The molecule has 0 radical (unpaired) electrons. The van der Waals surface area contributed by atoms with Crippen LogP contribution in [0.3, 0.4) is 0 Å². The van der Waals surface area contributed by atoms with Crippen molar-refractivity contribution in [3.63, 3.8) is 0 Å². The van der Waals surface area contributed by atoms with Gasteiger partial charge in [-0.25, -0.2) is 0 Å². The van der Waals surface area contributed by atoms with Crippen molar-refractivity contribution in [2.45, 2.75) is 25.4 Å². The summed E-state index contributed by atoms with van der Waals surface area (Å²) >= 11 is 0. The van der Waals surface area contributed by atoms with Crippen molar-refractivity contribution >= 4 is 17.5 Å². The van der Waals surface area contributed by atoms with Crippen LogP contribution in [-0.2, 0) is 11.3 Å². The Hall–Kier alpha value is -3.95. The van der Waals surface area contributed by atoms with Crippen molar-refractivity contribution in [1.29, 1.82) is 5.26 Å². The van der Waals surface area contributed by atoms with E-state index in [4.69, 9.17) is 5.73 Å². The molecule has 1 aliphatic heterocycles. The van der Waals surface area contributed by atoms with Crippen molar-refractivity contribution in [1.82, 2.24) is 4.90 Å². The summed E-state index contributed by atoms with van der Waals surface area (Å²) in [7, 11) is 0. The molecule has 1 atom stereocenters. The summed E-state index contributed by atoms with van der Waals surface area (Å²) in [6.07, 6.45) is 1.73. The van der Waals surface area contributed by atoms with Crippen LogP contribution in [0.1, 0.15) is 34.3 Å². The molecule has 0 saturated carbocycles. The number of hydrogen-bond acceptors (Lipinski definition) is 4. The second-order valence-electron chi connectivity index (χ2n) is 7.89. The van der Waals surface area contributed by atoms with Gasteiger partial charge in [-0.15, -0.1) is 0 Å². The van der Waals surface area contributed by atoms with Crippen molar-refractivity contribution in [2.24, 2.45) is 5.73 Å². The van der Waals surface area contributed by atoms with Gasteiger partial charge in [-0.1, -0.05) is 48.5 Å². The van der Waals surface area contributed by atoms with Gasteiger partial charge in [0.25, 0.3) is 5.91 Å². The van der Waals surface area contributed by atoms with Gasteiger partial charge < -0.3 is 11.1 Å². The first-order valence-corrected chi connectivity index (χ1v) is 10.6. The molecule has 6 heteroatoms. The van der Waals surface area contributed by atoms with E-state index in [1.165, 1.54) is 0 Å². The monoisotopic (exact) mass is 424 g/mol. The van der Waals surface area contributed by atoms with E-state index in [1.54, 1.807) is 24.3 Å². The number of benzene rings is 3. The molecule has 1 saturated heterocycles. The fourth-order valence-corrected chi connectivity index (χ4v) is 4.25. The van der Waals surface area contributed by atoms with Gasteiger partial charge in [-0.2, -0.15) is 5.26 Å². The summed E-state index contributed by atoms with van der Waals surface area (Å²) in [6, 6.07) is 24.1. The Morgan fingerprint density at radius 3 is 2.56 bits per heavy atom. The number of amides is 2. The molecule has 32 heavy (non-hydrogen) atoms. The molecule has 0 spiro atoms. The highest BCUT2D eigenvalue weighted by atomic mass is 16.2. The zero-order valence-electron chi connectivity index (χ0n) is 17.6. The third kappa shape index (κ3) is 4.53. The van der Waals surface area contributed by atoms with Crippen LogP contribution in [0.25, 0.3) is 11.1 Å². The Morgan fingerprint density at radius 1 is 1.03 bits per heavy atom. The van der Waals surface area contributed by atoms with Crippen LogP contribution in [0.15, 0.2) is 72.8 Å². The fraction of sp³-hybridized carbons (Fsp3) is 0.192. The Kier molecular flexibility index (Phi) is 6.29. The van der Waals surface area contributed by atoms with Crippen molar-refractivity contribution in [2.75, 3.05) is 11.9 Å². The summed E-state index contributed by atoms with van der Waals surface area (Å²) in [4.78, 5) is 26.9. The molecule has 1 fully saturated rings. The Morgan fingerprint density at radius 2 is 1.78 bits per heavy atom. The maximum atomic E-state index is 13.1. The number of carbonyl (C=O) groups is 2. The summed E-state index contributed by atoms with van der Waals surface area (Å²) in [5, 5.41) is 12.4. The van der Waals surface area contributed by atoms with E-state index in [2.05, 4.69) is 16.3 Å². The van der Waals surface area contributed by atoms with E-state index in [-0.39, 0.29) is 17.9 Å². The van der Waals surface area contributed by atoms with E-state index in [0.29, 0.717) is 28.9 Å². The lowest BCUT2D eigenvalue weighted by Crippen LogP contribution is -2.39. The maximum absolute atomic E-state index is 13.1. The lowest BCUT2D eigenvalue weighted by molar-refractivity contribution is -0.122. The number of nitrogens with two attached hydrogens (primary N) is 1. The maximum Gasteiger partial charge on any atom is 0.256 e. The zero-order valence-corrected chi connectivity index (χ0v) is 17.6. The minimum absolute atomic E-state index is 0.236. The minimum atomic E-state index is -0.291. The zero-order chi connectivity index (χ0) is 22.5. The number of nitriles is 1. The smallest absolute Gasteiger partial charge is 0.256 e. The molecular weight excluding hydrogens is 400 g/mol. The van der Waals surface area contributed by atoms with Crippen LogP contribution in [0.2, 0.25) is 0 Å². The first-order chi connectivity index (χ1) is 15.6. The number of primary amides is 1. The summed E-state index contributed by atoms with van der Waals surface area (Å²) in [5.74, 6) is -0.539. The van der Waals surface area contributed by atoms with Crippen LogP contribution >= 0.6 is 0 Å². The Bertz CT molecular complexity index is 1200. The topological polar surface area (TPSA) is 99.2 Å². The van der Waals surface area contributed by atoms with Gasteiger partial charge in [0.15, 0.2) is 0 Å². The van der Waals surface area contributed by atoms with Crippen LogP contribution in [0.5, 0.6) is 0 Å². The lowest BCUT2D eigenvalue weighted by Gasteiger charge is -2.22. The molecule has 0 aromatic heterocycles. The van der Waals surface area contributed by atoms with E-state index in [9.17, 15) is 14.9 Å². The van der Waals surface area contributed by atoms with E-state index >= 15 is 0 Å². The molecule has 160 valence electrons. The molecular formula is C26H24N4O2. The second kappa shape index (κ2) is 9.46. The average Bonchev–Trinajstić information content (AvgIpc) is 3.27. The van der Waals surface area contributed by atoms with Gasteiger partial charge >= 0.3 is 0 Å². The van der Waals surface area contributed by atoms with Gasteiger partial charge in [0.1, 0.15) is 0 Å². The van der Waals surface area contributed by atoms with Crippen LogP contribution in [0.4, 0.5) is 5.69 Å². The molecule has 1 aliphatic rings. The van der Waals surface area contributed by atoms with Crippen molar-refractivity contribution in [3.8, 4) is 17.2 Å². The third-order valence-electron chi connectivity index (χ3n) is 5.77. The third-order valence-corrected chi connectivity index (χ3v) is 5.77. The molecule has 0 bridgehead atoms. The Balaban J connectivity index is 1.55. The minimum Gasteiger partial charge on any atom is -0.368 e. The molecule has 2 amide bonds. The predicted octanol–water partition coefficient (Wildman–Crippen LogP) is 3.93. The highest BCUT2D eigenvalue weighted by molar-refractivity contribution is 6.09. The average molecular weight is 425 g/mol. The van der Waals surface area contributed by atoms with Gasteiger partial charge in [0, 0.05) is 23.4 Å². The molecule has 4 rings (SSSR count). The van der Waals surface area contributed by atoms with Crippen molar-refractivity contribution < 1.29 is 9.59 Å². The van der Waals surface area contributed by atoms with E-state index in [0.717, 1.165) is 30.5 Å². The van der Waals surface area contributed by atoms with Gasteiger partial charge in [-0.05, 0) is 54.8 Å². The molecule has 3 aromatic carbocycles. The Labute approximate surface area is 187 Å². The van der Waals surface area contributed by atoms with Gasteiger partial charge in [0.2, 0.25) is 5.91 Å². The SMILES string of the molecule is N#Cc1ccccc1-c1ccccc1C(=O)Nc1cccc(CN2CCCC2C(N)=O)c1. The van der Waals surface area contributed by atoms with Crippen molar-refractivity contribution in [3.05, 3.63) is 89.5 Å². The number of hydrogen-bond donors (Lipinski definition) is 2. The van der Waals surface area contributed by atoms with Crippen LogP contribution < -0.4 is 11.1 Å². The summed E-state index contributed by atoms with van der Waals surface area (Å²) in [5.41, 5.74) is 9.64. The normalized spacial score (nSPS) is 15.8. The van der Waals surface area contributed by atoms with Gasteiger partial charge in [-0.3, -0.25) is 14.5 Å². The molecule has 6 nitrogen and oxygen atoms in total. The van der Waals surface area contributed by atoms with E-state index < -0.39 is 0 Å². The highest BCUT2D eigenvalue weighted by Crippen LogP contribution is 2.28. The number of nitrogens with zero attached hydrogens (tertiary/aromatic N) is 2. The van der Waals surface area contributed by atoms with Gasteiger partial charge in [0.05, 0.1) is 17.7 Å². The second-order valence-corrected chi connectivity index (χ2v) is 7.89. The molecule has 3 aromatic rings. The first-order valence-electron chi connectivity index (χ1n) is 10.6. The number of rotatable bonds is 6. The quantitative estimate of drug-likeness (QED) is 0.626.